The number of fused-ring (bicyclic) bond motifs is 1. The number of thioether (sulfide) groups is 1. The maximum absolute atomic E-state index is 12.8. The van der Waals surface area contributed by atoms with Crippen LogP contribution in [0, 0.1) is 20.8 Å². The van der Waals surface area contributed by atoms with Gasteiger partial charge in [0.2, 0.25) is 15.9 Å². The Morgan fingerprint density at radius 2 is 1.75 bits per heavy atom. The molecule has 170 valence electrons. The van der Waals surface area contributed by atoms with Gasteiger partial charge in [-0.15, -0.1) is 11.3 Å². The summed E-state index contributed by atoms with van der Waals surface area (Å²) in [5.41, 5.74) is 1.94. The van der Waals surface area contributed by atoms with Crippen molar-refractivity contribution in [2.24, 2.45) is 0 Å². The quantitative estimate of drug-likeness (QED) is 0.389. The lowest BCUT2D eigenvalue weighted by Gasteiger charge is -2.34. The van der Waals surface area contributed by atoms with Crippen LogP contribution >= 0.6 is 23.1 Å². The molecule has 0 unspecified atom stereocenters. The Morgan fingerprint density at radius 1 is 1.06 bits per heavy atom. The van der Waals surface area contributed by atoms with Gasteiger partial charge in [0.1, 0.15) is 15.7 Å². The van der Waals surface area contributed by atoms with E-state index >= 15 is 0 Å². The Hall–Kier alpha value is -2.01. The standard InChI is InChI=1S/C22H26N4O3S3/c1-15-16(2)31-22-20(15)21(23-17(3)24-22)30-13-19(27)25-9-11-26(12-10-25)32(28,29)14-18-7-5-4-6-8-18/h4-8H,9-14H2,1-3H3. The number of nitrogens with zero attached hydrogens (tertiary/aromatic N) is 4. The van der Waals surface area contributed by atoms with Crippen LogP contribution in [0.3, 0.4) is 0 Å². The number of sulfonamides is 1. The van der Waals surface area contributed by atoms with E-state index in [0.717, 1.165) is 26.4 Å². The topological polar surface area (TPSA) is 83.5 Å². The summed E-state index contributed by atoms with van der Waals surface area (Å²) in [5, 5.41) is 1.87. The maximum atomic E-state index is 12.8. The third-order valence-electron chi connectivity index (χ3n) is 5.62. The van der Waals surface area contributed by atoms with Crippen LogP contribution in [0.25, 0.3) is 10.2 Å². The summed E-state index contributed by atoms with van der Waals surface area (Å²) in [6, 6.07) is 9.18. The molecule has 1 aromatic carbocycles. The van der Waals surface area contributed by atoms with Crippen molar-refractivity contribution in [3.05, 3.63) is 52.2 Å². The molecule has 0 bridgehead atoms. The van der Waals surface area contributed by atoms with Crippen LogP contribution < -0.4 is 0 Å². The third kappa shape index (κ3) is 4.98. The molecular weight excluding hydrogens is 464 g/mol. The highest BCUT2D eigenvalue weighted by atomic mass is 32.2. The molecule has 10 heteroatoms. The van der Waals surface area contributed by atoms with Crippen molar-refractivity contribution < 1.29 is 13.2 Å². The molecule has 0 N–H and O–H groups in total. The number of rotatable bonds is 6. The minimum absolute atomic E-state index is 0.00382. The first-order chi connectivity index (χ1) is 15.2. The SMILES string of the molecule is Cc1nc(SCC(=O)N2CCN(S(=O)(=O)Cc3ccccc3)CC2)c2c(C)c(C)sc2n1. The second-order valence-electron chi connectivity index (χ2n) is 7.85. The van der Waals surface area contributed by atoms with E-state index in [1.165, 1.54) is 20.9 Å². The Labute approximate surface area is 196 Å². The van der Waals surface area contributed by atoms with Gasteiger partial charge in [-0.1, -0.05) is 42.1 Å². The van der Waals surface area contributed by atoms with Crippen LogP contribution in [0.1, 0.15) is 21.8 Å². The highest BCUT2D eigenvalue weighted by molar-refractivity contribution is 8.00. The van der Waals surface area contributed by atoms with E-state index in [4.69, 9.17) is 0 Å². The summed E-state index contributed by atoms with van der Waals surface area (Å²) < 4.78 is 27.0. The lowest BCUT2D eigenvalue weighted by molar-refractivity contribution is -0.129. The second kappa shape index (κ2) is 9.46. The maximum Gasteiger partial charge on any atom is 0.233 e. The average Bonchev–Trinajstić information content (AvgIpc) is 3.05. The molecule has 1 fully saturated rings. The van der Waals surface area contributed by atoms with Crippen LogP contribution in [0.4, 0.5) is 0 Å². The number of thiophene rings is 1. The Bertz CT molecular complexity index is 1230. The molecular formula is C22H26N4O3S3. The van der Waals surface area contributed by atoms with E-state index in [1.54, 1.807) is 16.2 Å². The summed E-state index contributed by atoms with van der Waals surface area (Å²) in [7, 11) is -3.40. The van der Waals surface area contributed by atoms with Crippen molar-refractivity contribution >= 4 is 49.2 Å². The number of piperazine rings is 1. The molecule has 0 atom stereocenters. The minimum Gasteiger partial charge on any atom is -0.339 e. The molecule has 0 aliphatic carbocycles. The van der Waals surface area contributed by atoms with E-state index in [-0.39, 0.29) is 17.4 Å². The van der Waals surface area contributed by atoms with Crippen molar-refractivity contribution in [2.75, 3.05) is 31.9 Å². The first-order valence-electron chi connectivity index (χ1n) is 10.4. The van der Waals surface area contributed by atoms with Gasteiger partial charge in [-0.25, -0.2) is 18.4 Å². The number of amides is 1. The molecule has 4 rings (SSSR count). The number of hydrogen-bond donors (Lipinski definition) is 0. The van der Waals surface area contributed by atoms with Crippen LogP contribution in [0.5, 0.6) is 0 Å². The minimum atomic E-state index is -3.40. The third-order valence-corrected chi connectivity index (χ3v) is 9.53. The highest BCUT2D eigenvalue weighted by Crippen LogP contribution is 2.35. The molecule has 0 spiro atoms. The van der Waals surface area contributed by atoms with Crippen LogP contribution in [0.15, 0.2) is 35.4 Å². The zero-order valence-corrected chi connectivity index (χ0v) is 20.8. The number of carbonyl (C=O) groups is 1. The van der Waals surface area contributed by atoms with Crippen LogP contribution in [-0.4, -0.2) is 65.4 Å². The van der Waals surface area contributed by atoms with Crippen molar-refractivity contribution in [3.63, 3.8) is 0 Å². The van der Waals surface area contributed by atoms with E-state index in [9.17, 15) is 13.2 Å². The molecule has 0 saturated carbocycles. The van der Waals surface area contributed by atoms with Gasteiger partial charge in [-0.3, -0.25) is 4.79 Å². The number of hydrogen-bond acceptors (Lipinski definition) is 7. The van der Waals surface area contributed by atoms with Crippen molar-refractivity contribution in [2.45, 2.75) is 31.6 Å². The number of aromatic nitrogens is 2. The van der Waals surface area contributed by atoms with Gasteiger partial charge in [0.25, 0.3) is 0 Å². The summed E-state index contributed by atoms with van der Waals surface area (Å²) in [6.07, 6.45) is 0. The first kappa shape index (κ1) is 23.2. The van der Waals surface area contributed by atoms with E-state index in [1.807, 2.05) is 37.3 Å². The molecule has 1 amide bonds. The smallest absolute Gasteiger partial charge is 0.233 e. The van der Waals surface area contributed by atoms with Gasteiger partial charge < -0.3 is 4.90 Å². The van der Waals surface area contributed by atoms with Gasteiger partial charge in [-0.2, -0.15) is 4.31 Å². The largest absolute Gasteiger partial charge is 0.339 e. The van der Waals surface area contributed by atoms with Gasteiger partial charge >= 0.3 is 0 Å². The molecule has 32 heavy (non-hydrogen) atoms. The summed E-state index contributed by atoms with van der Waals surface area (Å²) in [4.78, 5) is 25.9. The van der Waals surface area contributed by atoms with E-state index < -0.39 is 10.0 Å². The predicted octanol–water partition coefficient (Wildman–Crippen LogP) is 3.38. The van der Waals surface area contributed by atoms with Crippen LogP contribution in [-0.2, 0) is 20.6 Å². The fourth-order valence-corrected chi connectivity index (χ4v) is 7.42. The summed E-state index contributed by atoms with van der Waals surface area (Å²) in [5.74, 6) is 0.964. The normalized spacial score (nSPS) is 15.4. The Kier molecular flexibility index (Phi) is 6.85. The molecule has 1 aliphatic heterocycles. The van der Waals surface area contributed by atoms with E-state index in [2.05, 4.69) is 23.8 Å². The fourth-order valence-electron chi connectivity index (χ4n) is 3.73. The van der Waals surface area contributed by atoms with Gasteiger partial charge in [0.15, 0.2) is 0 Å². The lowest BCUT2D eigenvalue weighted by atomic mass is 10.2. The Morgan fingerprint density at radius 3 is 2.44 bits per heavy atom. The molecule has 3 heterocycles. The summed E-state index contributed by atoms with van der Waals surface area (Å²) in [6.45, 7) is 7.46. The predicted molar refractivity (Wildman–Crippen MR) is 130 cm³/mol. The van der Waals surface area contributed by atoms with Gasteiger partial charge in [0.05, 0.1) is 11.5 Å². The van der Waals surface area contributed by atoms with Crippen molar-refractivity contribution in [3.8, 4) is 0 Å². The monoisotopic (exact) mass is 490 g/mol. The van der Waals surface area contributed by atoms with Crippen molar-refractivity contribution in [1.82, 2.24) is 19.2 Å². The average molecular weight is 491 g/mol. The van der Waals surface area contributed by atoms with Gasteiger partial charge in [0, 0.05) is 36.4 Å². The zero-order valence-electron chi connectivity index (χ0n) is 18.4. The lowest BCUT2D eigenvalue weighted by Crippen LogP contribution is -2.51. The zero-order chi connectivity index (χ0) is 22.9. The fraction of sp³-hybridized carbons (Fsp3) is 0.409. The highest BCUT2D eigenvalue weighted by Gasteiger charge is 2.29. The molecule has 1 saturated heterocycles. The number of benzene rings is 1. The number of aryl methyl sites for hydroxylation is 3. The molecule has 7 nitrogen and oxygen atoms in total. The molecule has 0 radical (unpaired) electrons. The molecule has 2 aromatic heterocycles. The van der Waals surface area contributed by atoms with E-state index in [0.29, 0.717) is 32.0 Å². The molecule has 1 aliphatic rings. The summed E-state index contributed by atoms with van der Waals surface area (Å²) >= 11 is 3.08. The number of carbonyl (C=O) groups excluding carboxylic acids is 1. The van der Waals surface area contributed by atoms with Gasteiger partial charge in [-0.05, 0) is 31.9 Å². The molecule has 3 aromatic rings. The van der Waals surface area contributed by atoms with Crippen LogP contribution in [0.2, 0.25) is 0 Å². The first-order valence-corrected chi connectivity index (χ1v) is 13.8. The Balaban J connectivity index is 1.36. The van der Waals surface area contributed by atoms with Crippen molar-refractivity contribution in [1.29, 1.82) is 0 Å². The second-order valence-corrected chi connectivity index (χ2v) is 12.0.